The standard InChI is InChI=1S/C18H17N3O3/c1-12(22)14-7-16-17(19-9-14)8-15(10-20-16)21-18(23)24-11-13-5-3-2-4-6-13/h2-10,12,22H,11H2,1H3,(H,21,23). The summed E-state index contributed by atoms with van der Waals surface area (Å²) in [5.41, 5.74) is 3.38. The molecule has 0 fully saturated rings. The Kier molecular flexibility index (Phi) is 4.67. The van der Waals surface area contributed by atoms with E-state index in [1.54, 1.807) is 25.3 Å². The first-order valence-electron chi connectivity index (χ1n) is 7.53. The van der Waals surface area contributed by atoms with E-state index < -0.39 is 12.2 Å². The number of benzene rings is 1. The zero-order chi connectivity index (χ0) is 16.9. The van der Waals surface area contributed by atoms with E-state index in [9.17, 15) is 9.90 Å². The van der Waals surface area contributed by atoms with Crippen molar-refractivity contribution >= 4 is 22.8 Å². The van der Waals surface area contributed by atoms with Crippen molar-refractivity contribution in [1.82, 2.24) is 9.97 Å². The van der Waals surface area contributed by atoms with Gasteiger partial charge in [0.15, 0.2) is 0 Å². The van der Waals surface area contributed by atoms with E-state index in [0.29, 0.717) is 22.3 Å². The maximum absolute atomic E-state index is 11.9. The van der Waals surface area contributed by atoms with Crippen molar-refractivity contribution in [1.29, 1.82) is 0 Å². The minimum absolute atomic E-state index is 0.198. The second kappa shape index (κ2) is 7.06. The molecule has 2 N–H and O–H groups in total. The lowest BCUT2D eigenvalue weighted by molar-refractivity contribution is 0.155. The molecule has 1 amide bonds. The van der Waals surface area contributed by atoms with Crippen molar-refractivity contribution in [2.75, 3.05) is 5.32 Å². The minimum Gasteiger partial charge on any atom is -0.444 e. The highest BCUT2D eigenvalue weighted by molar-refractivity contribution is 5.87. The molecule has 0 bridgehead atoms. The lowest BCUT2D eigenvalue weighted by Gasteiger charge is -2.08. The third-order valence-corrected chi connectivity index (χ3v) is 3.50. The molecule has 6 heteroatoms. The fourth-order valence-corrected chi connectivity index (χ4v) is 2.19. The number of hydrogen-bond acceptors (Lipinski definition) is 5. The van der Waals surface area contributed by atoms with Crippen molar-refractivity contribution in [3.8, 4) is 0 Å². The van der Waals surface area contributed by atoms with E-state index >= 15 is 0 Å². The van der Waals surface area contributed by atoms with Gasteiger partial charge in [0.25, 0.3) is 0 Å². The second-order valence-corrected chi connectivity index (χ2v) is 5.39. The van der Waals surface area contributed by atoms with Crippen LogP contribution in [0.2, 0.25) is 0 Å². The Balaban J connectivity index is 1.66. The molecule has 0 spiro atoms. The molecular weight excluding hydrogens is 306 g/mol. The lowest BCUT2D eigenvalue weighted by atomic mass is 10.1. The predicted octanol–water partition coefficient (Wildman–Crippen LogP) is 3.43. The number of ether oxygens (including phenoxy) is 1. The van der Waals surface area contributed by atoms with Gasteiger partial charge in [-0.2, -0.15) is 0 Å². The predicted molar refractivity (Wildman–Crippen MR) is 90.4 cm³/mol. The number of fused-ring (bicyclic) bond motifs is 1. The minimum atomic E-state index is -0.602. The van der Waals surface area contributed by atoms with Crippen LogP contribution in [-0.4, -0.2) is 21.2 Å². The average molecular weight is 323 g/mol. The molecule has 2 heterocycles. The molecular formula is C18H17N3O3. The van der Waals surface area contributed by atoms with Gasteiger partial charge in [0.2, 0.25) is 0 Å². The number of nitrogens with zero attached hydrogens (tertiary/aromatic N) is 2. The molecule has 0 aliphatic rings. The van der Waals surface area contributed by atoms with Crippen molar-refractivity contribution in [2.24, 2.45) is 0 Å². The Morgan fingerprint density at radius 2 is 1.88 bits per heavy atom. The van der Waals surface area contributed by atoms with Crippen LogP contribution in [0.4, 0.5) is 10.5 Å². The van der Waals surface area contributed by atoms with Crippen LogP contribution in [0, 0.1) is 0 Å². The summed E-state index contributed by atoms with van der Waals surface area (Å²) < 4.78 is 5.16. The van der Waals surface area contributed by atoms with E-state index in [1.165, 1.54) is 6.20 Å². The summed E-state index contributed by atoms with van der Waals surface area (Å²) in [6.45, 7) is 1.87. The number of aliphatic hydroxyl groups excluding tert-OH is 1. The monoisotopic (exact) mass is 323 g/mol. The van der Waals surface area contributed by atoms with Gasteiger partial charge in [0.05, 0.1) is 29.0 Å². The number of hydrogen-bond donors (Lipinski definition) is 2. The van der Waals surface area contributed by atoms with Crippen molar-refractivity contribution < 1.29 is 14.6 Å². The van der Waals surface area contributed by atoms with Gasteiger partial charge in [0.1, 0.15) is 6.61 Å². The molecule has 0 saturated heterocycles. The van der Waals surface area contributed by atoms with Gasteiger partial charge in [-0.05, 0) is 24.6 Å². The quantitative estimate of drug-likeness (QED) is 0.768. The third kappa shape index (κ3) is 3.85. The van der Waals surface area contributed by atoms with Gasteiger partial charge in [-0.25, -0.2) is 4.79 Å². The molecule has 122 valence electrons. The Morgan fingerprint density at radius 1 is 1.17 bits per heavy atom. The summed E-state index contributed by atoms with van der Waals surface area (Å²) in [6, 6.07) is 12.9. The fraction of sp³-hybridized carbons (Fsp3) is 0.167. The highest BCUT2D eigenvalue weighted by Gasteiger charge is 2.08. The molecule has 3 aromatic rings. The summed E-state index contributed by atoms with van der Waals surface area (Å²) >= 11 is 0. The van der Waals surface area contributed by atoms with E-state index in [1.807, 2.05) is 30.3 Å². The maximum atomic E-state index is 11.9. The van der Waals surface area contributed by atoms with Gasteiger partial charge >= 0.3 is 6.09 Å². The molecule has 0 saturated carbocycles. The topological polar surface area (TPSA) is 84.3 Å². The number of carbonyl (C=O) groups excluding carboxylic acids is 1. The average Bonchev–Trinajstić information content (AvgIpc) is 2.60. The number of rotatable bonds is 4. The van der Waals surface area contributed by atoms with Gasteiger partial charge in [-0.3, -0.25) is 15.3 Å². The largest absolute Gasteiger partial charge is 0.444 e. The van der Waals surface area contributed by atoms with Crippen LogP contribution in [0.1, 0.15) is 24.2 Å². The van der Waals surface area contributed by atoms with Crippen molar-refractivity contribution in [2.45, 2.75) is 19.6 Å². The van der Waals surface area contributed by atoms with Crippen molar-refractivity contribution in [3.05, 3.63) is 66.0 Å². The number of amides is 1. The summed E-state index contributed by atoms with van der Waals surface area (Å²) in [5.74, 6) is 0. The molecule has 0 aliphatic heterocycles. The highest BCUT2D eigenvalue weighted by atomic mass is 16.5. The van der Waals surface area contributed by atoms with Crippen LogP contribution < -0.4 is 5.32 Å². The van der Waals surface area contributed by atoms with E-state index in [2.05, 4.69) is 15.3 Å². The molecule has 1 atom stereocenters. The molecule has 6 nitrogen and oxygen atoms in total. The Hall–Kier alpha value is -2.99. The first kappa shape index (κ1) is 15.9. The van der Waals surface area contributed by atoms with Crippen LogP contribution in [-0.2, 0) is 11.3 Å². The second-order valence-electron chi connectivity index (χ2n) is 5.39. The summed E-state index contributed by atoms with van der Waals surface area (Å²) in [5, 5.41) is 12.2. The van der Waals surface area contributed by atoms with Gasteiger partial charge < -0.3 is 9.84 Å². The number of pyridine rings is 2. The molecule has 3 rings (SSSR count). The first-order chi connectivity index (χ1) is 11.6. The summed E-state index contributed by atoms with van der Waals surface area (Å²) in [4.78, 5) is 20.4. The summed E-state index contributed by atoms with van der Waals surface area (Å²) in [6.07, 6.45) is 1.96. The van der Waals surface area contributed by atoms with Crippen LogP contribution in [0.25, 0.3) is 11.0 Å². The van der Waals surface area contributed by atoms with E-state index in [4.69, 9.17) is 4.74 Å². The number of carbonyl (C=O) groups is 1. The Morgan fingerprint density at radius 3 is 2.62 bits per heavy atom. The molecule has 0 aliphatic carbocycles. The van der Waals surface area contributed by atoms with E-state index in [-0.39, 0.29) is 6.61 Å². The maximum Gasteiger partial charge on any atom is 0.412 e. The van der Waals surface area contributed by atoms with Crippen LogP contribution >= 0.6 is 0 Å². The van der Waals surface area contributed by atoms with Crippen LogP contribution in [0.15, 0.2) is 54.9 Å². The van der Waals surface area contributed by atoms with Crippen molar-refractivity contribution in [3.63, 3.8) is 0 Å². The smallest absolute Gasteiger partial charge is 0.412 e. The van der Waals surface area contributed by atoms with Gasteiger partial charge in [-0.15, -0.1) is 0 Å². The third-order valence-electron chi connectivity index (χ3n) is 3.50. The lowest BCUT2D eigenvalue weighted by Crippen LogP contribution is -2.13. The number of aromatic nitrogens is 2. The SMILES string of the molecule is CC(O)c1cnc2cc(NC(=O)OCc3ccccc3)cnc2c1. The zero-order valence-corrected chi connectivity index (χ0v) is 13.1. The summed E-state index contributed by atoms with van der Waals surface area (Å²) in [7, 11) is 0. The molecule has 1 aromatic carbocycles. The fourth-order valence-electron chi connectivity index (χ4n) is 2.19. The first-order valence-corrected chi connectivity index (χ1v) is 7.53. The Bertz CT molecular complexity index is 851. The normalized spacial score (nSPS) is 11.9. The Labute approximate surface area is 139 Å². The van der Waals surface area contributed by atoms with Gasteiger partial charge in [-0.1, -0.05) is 30.3 Å². The number of nitrogens with one attached hydrogen (secondary N) is 1. The van der Waals surface area contributed by atoms with Crippen LogP contribution in [0.5, 0.6) is 0 Å². The molecule has 0 radical (unpaired) electrons. The molecule has 2 aromatic heterocycles. The highest BCUT2D eigenvalue weighted by Crippen LogP contribution is 2.19. The van der Waals surface area contributed by atoms with Gasteiger partial charge in [0, 0.05) is 11.8 Å². The van der Waals surface area contributed by atoms with Crippen LogP contribution in [0.3, 0.4) is 0 Å². The van der Waals surface area contributed by atoms with E-state index in [0.717, 1.165) is 5.56 Å². The molecule has 24 heavy (non-hydrogen) atoms. The zero-order valence-electron chi connectivity index (χ0n) is 13.1. The number of anilines is 1. The number of aliphatic hydroxyl groups is 1. The molecule has 1 unspecified atom stereocenters.